The van der Waals surface area contributed by atoms with Crippen molar-refractivity contribution < 1.29 is 14.2 Å². The predicted molar refractivity (Wildman–Crippen MR) is 117 cm³/mol. The molecule has 0 bridgehead atoms. The molecule has 0 radical (unpaired) electrons. The van der Waals surface area contributed by atoms with Gasteiger partial charge in [-0.05, 0) is 30.5 Å². The van der Waals surface area contributed by atoms with Gasteiger partial charge in [-0.1, -0.05) is 30.3 Å². The Morgan fingerprint density at radius 3 is 2.60 bits per heavy atom. The van der Waals surface area contributed by atoms with Crippen molar-refractivity contribution in [2.75, 3.05) is 31.5 Å². The van der Waals surface area contributed by atoms with Gasteiger partial charge in [0, 0.05) is 24.8 Å². The molecule has 1 saturated heterocycles. The smallest absolute Gasteiger partial charge is 0.146 e. The molecule has 30 heavy (non-hydrogen) atoms. The number of nitrogens with one attached hydrogen (secondary N) is 2. The Kier molecular flexibility index (Phi) is 6.29. The van der Waals surface area contributed by atoms with Crippen LogP contribution in [0.25, 0.3) is 0 Å². The normalized spacial score (nSPS) is 18.5. The van der Waals surface area contributed by atoms with E-state index < -0.39 is 0 Å². The number of benzene rings is 2. The van der Waals surface area contributed by atoms with Gasteiger partial charge in [-0.2, -0.15) is 0 Å². The number of rotatable bonds is 7. The minimum Gasteiger partial charge on any atom is -0.497 e. The van der Waals surface area contributed by atoms with Crippen LogP contribution >= 0.6 is 0 Å². The first-order valence-corrected chi connectivity index (χ1v) is 9.99. The molecule has 0 spiro atoms. The van der Waals surface area contributed by atoms with Crippen LogP contribution in [0.1, 0.15) is 24.5 Å². The highest BCUT2D eigenvalue weighted by Gasteiger charge is 2.24. The fourth-order valence-corrected chi connectivity index (χ4v) is 3.58. The molecule has 7 heteroatoms. The van der Waals surface area contributed by atoms with Crippen LogP contribution in [0.5, 0.6) is 11.5 Å². The molecule has 2 heterocycles. The summed E-state index contributed by atoms with van der Waals surface area (Å²) >= 11 is 0. The van der Waals surface area contributed by atoms with Crippen molar-refractivity contribution in [2.45, 2.75) is 25.0 Å². The van der Waals surface area contributed by atoms with E-state index in [1.54, 1.807) is 20.5 Å². The first-order valence-electron chi connectivity index (χ1n) is 9.99. The van der Waals surface area contributed by atoms with Crippen molar-refractivity contribution in [2.24, 2.45) is 0 Å². The van der Waals surface area contributed by atoms with Gasteiger partial charge in [0.1, 0.15) is 29.5 Å². The Hall–Kier alpha value is -3.32. The number of hydrogen-bond donors (Lipinski definition) is 2. The second-order valence-corrected chi connectivity index (χ2v) is 7.12. The summed E-state index contributed by atoms with van der Waals surface area (Å²) in [5.41, 5.74) is 2.01. The lowest BCUT2D eigenvalue weighted by molar-refractivity contribution is 0.00974. The average Bonchev–Trinajstić information content (AvgIpc) is 2.80. The zero-order valence-corrected chi connectivity index (χ0v) is 17.2. The van der Waals surface area contributed by atoms with Crippen LogP contribution in [-0.4, -0.2) is 36.8 Å². The summed E-state index contributed by atoms with van der Waals surface area (Å²) in [4.78, 5) is 8.72. The molecule has 1 aromatic heterocycles. The molecule has 156 valence electrons. The third-order valence-electron chi connectivity index (χ3n) is 5.15. The molecule has 1 aliphatic rings. The van der Waals surface area contributed by atoms with E-state index in [9.17, 15) is 0 Å². The molecule has 3 aromatic rings. The van der Waals surface area contributed by atoms with Crippen LogP contribution in [0, 0.1) is 0 Å². The van der Waals surface area contributed by atoms with Gasteiger partial charge in [0.15, 0.2) is 0 Å². The number of nitrogens with zero attached hydrogens (tertiary/aromatic N) is 2. The molecule has 1 aliphatic heterocycles. The summed E-state index contributed by atoms with van der Waals surface area (Å²) in [5.74, 6) is 2.87. The van der Waals surface area contributed by atoms with Crippen LogP contribution in [-0.2, 0) is 4.74 Å². The highest BCUT2D eigenvalue weighted by atomic mass is 16.5. The van der Waals surface area contributed by atoms with E-state index in [4.69, 9.17) is 14.2 Å². The van der Waals surface area contributed by atoms with Gasteiger partial charge < -0.3 is 24.8 Å². The molecule has 7 nitrogen and oxygen atoms in total. The molecule has 0 saturated carbocycles. The van der Waals surface area contributed by atoms with Crippen molar-refractivity contribution in [3.8, 4) is 11.5 Å². The van der Waals surface area contributed by atoms with Crippen LogP contribution in [0.15, 0.2) is 60.9 Å². The molecule has 0 aliphatic carbocycles. The monoisotopic (exact) mass is 406 g/mol. The standard InChI is InChI=1S/C23H26N4O3/c1-28-18-8-9-19(21(13-18)29-2)27-23-14-22(24-15-25-23)26-17-10-11-30-20(12-17)16-6-4-3-5-7-16/h3-9,13-15,17,20H,10-12H2,1-2H3,(H2,24,25,26,27). The van der Waals surface area contributed by atoms with Gasteiger partial charge in [0.25, 0.3) is 0 Å². The largest absolute Gasteiger partial charge is 0.497 e. The van der Waals surface area contributed by atoms with E-state index >= 15 is 0 Å². The van der Waals surface area contributed by atoms with E-state index in [2.05, 4.69) is 32.7 Å². The van der Waals surface area contributed by atoms with Gasteiger partial charge in [0.05, 0.1) is 26.0 Å². The summed E-state index contributed by atoms with van der Waals surface area (Å²) in [6.45, 7) is 0.719. The van der Waals surface area contributed by atoms with Gasteiger partial charge in [-0.15, -0.1) is 0 Å². The number of hydrogen-bond acceptors (Lipinski definition) is 7. The Morgan fingerprint density at radius 1 is 0.967 bits per heavy atom. The van der Waals surface area contributed by atoms with E-state index in [0.717, 1.165) is 36.7 Å². The van der Waals surface area contributed by atoms with Crippen LogP contribution in [0.4, 0.5) is 17.3 Å². The van der Waals surface area contributed by atoms with Crippen molar-refractivity contribution >= 4 is 17.3 Å². The van der Waals surface area contributed by atoms with E-state index in [1.165, 1.54) is 5.56 Å². The molecular formula is C23H26N4O3. The highest BCUT2D eigenvalue weighted by molar-refractivity contribution is 5.66. The topological polar surface area (TPSA) is 77.5 Å². The number of ether oxygens (including phenoxy) is 3. The van der Waals surface area contributed by atoms with Crippen molar-refractivity contribution in [3.63, 3.8) is 0 Å². The van der Waals surface area contributed by atoms with E-state index in [1.807, 2.05) is 42.5 Å². The van der Waals surface area contributed by atoms with E-state index in [0.29, 0.717) is 11.6 Å². The molecule has 1 fully saturated rings. The second-order valence-electron chi connectivity index (χ2n) is 7.12. The van der Waals surface area contributed by atoms with Crippen LogP contribution in [0.2, 0.25) is 0 Å². The quantitative estimate of drug-likeness (QED) is 0.595. The van der Waals surface area contributed by atoms with Crippen molar-refractivity contribution in [1.29, 1.82) is 0 Å². The fraction of sp³-hybridized carbons (Fsp3) is 0.304. The third-order valence-corrected chi connectivity index (χ3v) is 5.15. The van der Waals surface area contributed by atoms with Crippen molar-refractivity contribution in [3.05, 3.63) is 66.5 Å². The SMILES string of the molecule is COc1ccc(Nc2cc(NC3CCOC(c4ccccc4)C3)ncn2)c(OC)c1. The lowest BCUT2D eigenvalue weighted by Crippen LogP contribution is -2.30. The number of aromatic nitrogens is 2. The highest BCUT2D eigenvalue weighted by Crippen LogP contribution is 2.32. The summed E-state index contributed by atoms with van der Waals surface area (Å²) in [7, 11) is 3.25. The molecule has 2 atom stereocenters. The predicted octanol–water partition coefficient (Wildman–Crippen LogP) is 4.57. The number of anilines is 3. The summed E-state index contributed by atoms with van der Waals surface area (Å²) < 4.78 is 16.7. The lowest BCUT2D eigenvalue weighted by atomic mass is 9.97. The minimum atomic E-state index is 0.0976. The van der Waals surface area contributed by atoms with E-state index in [-0.39, 0.29) is 12.1 Å². The Labute approximate surface area is 176 Å². The molecule has 2 unspecified atom stereocenters. The van der Waals surface area contributed by atoms with Gasteiger partial charge in [-0.3, -0.25) is 0 Å². The Morgan fingerprint density at radius 2 is 1.80 bits per heavy atom. The summed E-state index contributed by atoms with van der Waals surface area (Å²) in [6, 6.07) is 18.1. The maximum atomic E-state index is 5.97. The van der Waals surface area contributed by atoms with Gasteiger partial charge in [-0.25, -0.2) is 9.97 Å². The molecule has 4 rings (SSSR count). The third kappa shape index (κ3) is 4.80. The molecule has 2 aromatic carbocycles. The van der Waals surface area contributed by atoms with Crippen LogP contribution < -0.4 is 20.1 Å². The Balaban J connectivity index is 1.44. The van der Waals surface area contributed by atoms with Crippen LogP contribution in [0.3, 0.4) is 0 Å². The maximum Gasteiger partial charge on any atom is 0.146 e. The fourth-order valence-electron chi connectivity index (χ4n) is 3.58. The van der Waals surface area contributed by atoms with Gasteiger partial charge in [0.2, 0.25) is 0 Å². The number of methoxy groups -OCH3 is 2. The Bertz CT molecular complexity index is 968. The molecule has 0 amide bonds. The first-order chi connectivity index (χ1) is 14.7. The second kappa shape index (κ2) is 9.45. The average molecular weight is 406 g/mol. The first kappa shape index (κ1) is 20.0. The summed E-state index contributed by atoms with van der Waals surface area (Å²) in [5, 5.41) is 6.82. The zero-order chi connectivity index (χ0) is 20.8. The zero-order valence-electron chi connectivity index (χ0n) is 17.2. The molecular weight excluding hydrogens is 380 g/mol. The van der Waals surface area contributed by atoms with Crippen molar-refractivity contribution in [1.82, 2.24) is 9.97 Å². The summed E-state index contributed by atoms with van der Waals surface area (Å²) in [6.07, 6.45) is 3.47. The van der Waals surface area contributed by atoms with Gasteiger partial charge >= 0.3 is 0 Å². The molecule has 2 N–H and O–H groups in total. The maximum absolute atomic E-state index is 5.97. The minimum absolute atomic E-state index is 0.0976. The lowest BCUT2D eigenvalue weighted by Gasteiger charge is -2.30.